The zero-order chi connectivity index (χ0) is 22.5. The van der Waals surface area contributed by atoms with Gasteiger partial charge in [-0.05, 0) is 70.3 Å². The monoisotopic (exact) mass is 433 g/mol. The fourth-order valence-corrected chi connectivity index (χ4v) is 4.47. The van der Waals surface area contributed by atoms with E-state index in [2.05, 4.69) is 27.9 Å². The van der Waals surface area contributed by atoms with Crippen LogP contribution in [0.5, 0.6) is 0 Å². The van der Waals surface area contributed by atoms with Gasteiger partial charge in [0.1, 0.15) is 17.6 Å². The summed E-state index contributed by atoms with van der Waals surface area (Å²) in [6.45, 7) is 4.04. The highest BCUT2D eigenvalue weighted by Crippen LogP contribution is 2.34. The molecule has 1 aliphatic carbocycles. The topological polar surface area (TPSA) is 92.8 Å². The molecule has 3 heterocycles. The van der Waals surface area contributed by atoms with Crippen molar-refractivity contribution in [1.82, 2.24) is 19.9 Å². The van der Waals surface area contributed by atoms with E-state index in [1.165, 1.54) is 19.4 Å². The summed E-state index contributed by atoms with van der Waals surface area (Å²) >= 11 is 0. The average Bonchev–Trinajstić information content (AvgIpc) is 3.55. The number of carbonyl (C=O) groups is 1. The van der Waals surface area contributed by atoms with E-state index in [9.17, 15) is 10.1 Å². The molecule has 2 unspecified atom stereocenters. The van der Waals surface area contributed by atoms with Crippen LogP contribution in [0.4, 0.5) is 0 Å². The lowest BCUT2D eigenvalue weighted by atomic mass is 10.0. The molecule has 2 fully saturated rings. The maximum absolute atomic E-state index is 10.9. The van der Waals surface area contributed by atoms with Crippen LogP contribution < -0.4 is 5.32 Å². The zero-order valence-corrected chi connectivity index (χ0v) is 18.9. The van der Waals surface area contributed by atoms with Crippen molar-refractivity contribution in [2.45, 2.75) is 57.6 Å². The summed E-state index contributed by atoms with van der Waals surface area (Å²) < 4.78 is 7.98. The van der Waals surface area contributed by atoms with Gasteiger partial charge in [0.2, 0.25) is 0 Å². The third-order valence-electron chi connectivity index (χ3n) is 6.22. The first-order valence-corrected chi connectivity index (χ1v) is 11.5. The van der Waals surface area contributed by atoms with Gasteiger partial charge in [-0.25, -0.2) is 4.98 Å². The fraction of sp³-hybridized carbons (Fsp3) is 0.520. The quantitative estimate of drug-likeness (QED) is 0.592. The lowest BCUT2D eigenvalue weighted by Gasteiger charge is -2.30. The van der Waals surface area contributed by atoms with E-state index < -0.39 is 0 Å². The van der Waals surface area contributed by atoms with E-state index in [0.717, 1.165) is 52.8 Å². The molecule has 1 aliphatic heterocycles. The molecule has 0 radical (unpaired) electrons. The Morgan fingerprint density at radius 3 is 2.81 bits per heavy atom. The van der Waals surface area contributed by atoms with Crippen molar-refractivity contribution in [2.75, 3.05) is 20.2 Å². The maximum Gasteiger partial charge on any atom is 0.120 e. The Labute approximate surface area is 188 Å². The average molecular weight is 434 g/mol. The molecule has 0 amide bonds. The number of aldehydes is 1. The van der Waals surface area contributed by atoms with Gasteiger partial charge in [-0.1, -0.05) is 0 Å². The summed E-state index contributed by atoms with van der Waals surface area (Å²) in [5.74, 6) is 1.94. The Morgan fingerprint density at radius 1 is 1.31 bits per heavy atom. The van der Waals surface area contributed by atoms with Crippen LogP contribution in [-0.4, -0.2) is 47.1 Å². The molecule has 1 aromatic carbocycles. The zero-order valence-electron chi connectivity index (χ0n) is 18.9. The van der Waals surface area contributed by atoms with Gasteiger partial charge in [-0.2, -0.15) is 5.26 Å². The normalized spacial score (nSPS) is 20.5. The number of nitriles is 1. The van der Waals surface area contributed by atoms with Crippen LogP contribution in [0.2, 0.25) is 0 Å². The van der Waals surface area contributed by atoms with Gasteiger partial charge in [-0.15, -0.1) is 0 Å². The lowest BCUT2D eigenvalue weighted by Crippen LogP contribution is -2.26. The second kappa shape index (κ2) is 10.2. The van der Waals surface area contributed by atoms with Gasteiger partial charge in [0, 0.05) is 30.9 Å². The first-order valence-electron chi connectivity index (χ1n) is 11.5. The van der Waals surface area contributed by atoms with Crippen LogP contribution in [0.3, 0.4) is 0 Å². The molecule has 0 spiro atoms. The molecular formula is C25H31N5O2. The molecule has 1 N–H and O–H groups in total. The van der Waals surface area contributed by atoms with Gasteiger partial charge >= 0.3 is 0 Å². The number of nitrogens with zero attached hydrogens (tertiary/aromatic N) is 4. The van der Waals surface area contributed by atoms with Gasteiger partial charge < -0.3 is 19.4 Å². The van der Waals surface area contributed by atoms with Crippen LogP contribution in [0.1, 0.15) is 56.5 Å². The molecule has 5 rings (SSSR count). The molecule has 168 valence electrons. The Morgan fingerprint density at radius 2 is 2.16 bits per heavy atom. The number of hydrogen-bond donors (Lipinski definition) is 1. The van der Waals surface area contributed by atoms with E-state index >= 15 is 0 Å². The molecule has 1 saturated heterocycles. The van der Waals surface area contributed by atoms with E-state index in [4.69, 9.17) is 9.72 Å². The molecule has 0 bridgehead atoms. The van der Waals surface area contributed by atoms with Crippen LogP contribution in [0, 0.1) is 17.2 Å². The summed E-state index contributed by atoms with van der Waals surface area (Å²) in [5.41, 5.74) is 3.27. The number of benzene rings is 1. The number of fused-ring (bicyclic) bond motifs is 3. The third-order valence-corrected chi connectivity index (χ3v) is 6.22. The highest BCUT2D eigenvalue weighted by atomic mass is 16.5. The molecule has 3 aromatic rings. The summed E-state index contributed by atoms with van der Waals surface area (Å²) in [6.07, 6.45) is 8.68. The number of hydrogen-bond acceptors (Lipinski definition) is 6. The predicted octanol–water partition coefficient (Wildman–Crippen LogP) is 3.94. The third kappa shape index (κ3) is 4.98. The molecule has 2 aromatic heterocycles. The largest absolute Gasteiger partial charge is 0.378 e. The number of imidazole rings is 1. The number of carbonyl (C=O) groups excluding carboxylic acids is 1. The Hall–Kier alpha value is -2.82. The number of rotatable bonds is 6. The Bertz CT molecular complexity index is 1130. The van der Waals surface area contributed by atoms with Gasteiger partial charge in [0.15, 0.2) is 0 Å². The number of aryl methyl sites for hydroxylation is 1. The fourth-order valence-electron chi connectivity index (χ4n) is 4.47. The van der Waals surface area contributed by atoms with E-state index in [1.54, 1.807) is 12.3 Å². The van der Waals surface area contributed by atoms with Crippen LogP contribution in [0.25, 0.3) is 21.9 Å². The predicted molar refractivity (Wildman–Crippen MR) is 124 cm³/mol. The summed E-state index contributed by atoms with van der Waals surface area (Å²) in [7, 11) is 2.01. The minimum Gasteiger partial charge on any atom is -0.378 e. The first-order chi connectivity index (χ1) is 15.6. The number of ether oxygens (including phenoxy) is 1. The number of aromatic nitrogens is 3. The highest BCUT2D eigenvalue weighted by Gasteiger charge is 2.26. The van der Waals surface area contributed by atoms with Crippen molar-refractivity contribution < 1.29 is 9.53 Å². The van der Waals surface area contributed by atoms with E-state index in [-0.39, 0.29) is 12.1 Å². The van der Waals surface area contributed by atoms with E-state index in [1.807, 2.05) is 19.2 Å². The van der Waals surface area contributed by atoms with Gasteiger partial charge in [-0.3, -0.25) is 4.98 Å². The molecule has 2 aliphatic rings. The summed E-state index contributed by atoms with van der Waals surface area (Å²) in [5, 5.41) is 13.4. The SMILES string of the molecule is CC1CC(n2c(CCC=O)nc3cnc4ccc(C#N)cc4c32)CCO1.CNCC1CC1. The van der Waals surface area contributed by atoms with Crippen LogP contribution in [-0.2, 0) is 16.0 Å². The van der Waals surface area contributed by atoms with Gasteiger partial charge in [0.05, 0.1) is 35.0 Å². The second-order valence-electron chi connectivity index (χ2n) is 8.80. The molecule has 1 saturated carbocycles. The van der Waals surface area contributed by atoms with Crippen molar-refractivity contribution in [3.8, 4) is 6.07 Å². The van der Waals surface area contributed by atoms with E-state index in [0.29, 0.717) is 25.0 Å². The Kier molecular flexibility index (Phi) is 7.13. The summed E-state index contributed by atoms with van der Waals surface area (Å²) in [6, 6.07) is 8.02. The highest BCUT2D eigenvalue weighted by molar-refractivity contribution is 6.02. The molecular weight excluding hydrogens is 402 g/mol. The van der Waals surface area contributed by atoms with Crippen molar-refractivity contribution in [2.24, 2.45) is 5.92 Å². The van der Waals surface area contributed by atoms with Crippen molar-refractivity contribution in [3.63, 3.8) is 0 Å². The van der Waals surface area contributed by atoms with Crippen LogP contribution in [0.15, 0.2) is 24.4 Å². The van der Waals surface area contributed by atoms with Gasteiger partial charge in [0.25, 0.3) is 0 Å². The molecule has 2 atom stereocenters. The van der Waals surface area contributed by atoms with Crippen molar-refractivity contribution in [3.05, 3.63) is 35.8 Å². The Balaban J connectivity index is 0.000000354. The minimum atomic E-state index is 0.188. The molecule has 32 heavy (non-hydrogen) atoms. The molecule has 7 nitrogen and oxygen atoms in total. The second-order valence-corrected chi connectivity index (χ2v) is 8.80. The first kappa shape index (κ1) is 22.4. The maximum atomic E-state index is 10.9. The minimum absolute atomic E-state index is 0.188. The smallest absolute Gasteiger partial charge is 0.120 e. The number of nitrogens with one attached hydrogen (secondary N) is 1. The summed E-state index contributed by atoms with van der Waals surface area (Å²) in [4.78, 5) is 20.2. The lowest BCUT2D eigenvalue weighted by molar-refractivity contribution is -0.107. The van der Waals surface area contributed by atoms with Crippen LogP contribution >= 0.6 is 0 Å². The number of pyridine rings is 1. The molecule has 7 heteroatoms. The van der Waals surface area contributed by atoms with Crippen molar-refractivity contribution >= 4 is 28.2 Å². The van der Waals surface area contributed by atoms with Crippen molar-refractivity contribution in [1.29, 1.82) is 5.26 Å². The standard InChI is InChI=1S/C20H20N4O2.C5H11N/c1-13-9-15(6-8-26-13)24-19(3-2-7-25)23-18-12-22-17-5-4-14(11-21)10-16(17)20(18)24;1-6-4-5-2-3-5/h4-5,7,10,12-13,15H,2-3,6,8-9H2,1H3;5-6H,2-4H2,1H3.